The summed E-state index contributed by atoms with van der Waals surface area (Å²) in [5, 5.41) is 24.5. The van der Waals surface area contributed by atoms with Crippen LogP contribution >= 0.6 is 0 Å². The van der Waals surface area contributed by atoms with Crippen molar-refractivity contribution in [3.05, 3.63) is 38.4 Å². The molecule has 0 bridgehead atoms. The van der Waals surface area contributed by atoms with Gasteiger partial charge in [-0.15, -0.1) is 0 Å². The van der Waals surface area contributed by atoms with Crippen molar-refractivity contribution >= 4 is 17.1 Å². The highest BCUT2D eigenvalue weighted by molar-refractivity contribution is 5.65. The Hall–Kier alpha value is -2.26. The average molecular weight is 298 g/mol. The molecule has 0 aliphatic carbocycles. The summed E-state index contributed by atoms with van der Waals surface area (Å²) in [5.41, 5.74) is -0.334. The van der Waals surface area contributed by atoms with Crippen LogP contribution in [-0.4, -0.2) is 55.1 Å². The summed E-state index contributed by atoms with van der Waals surface area (Å²) in [6.45, 7) is 2.51. The predicted molar refractivity (Wildman–Crippen MR) is 77.6 cm³/mol. The minimum atomic E-state index is -0.657. The van der Waals surface area contributed by atoms with Gasteiger partial charge in [-0.2, -0.15) is 0 Å². The van der Waals surface area contributed by atoms with Crippen LogP contribution in [0, 0.1) is 20.2 Å². The molecule has 9 nitrogen and oxygen atoms in total. The van der Waals surface area contributed by atoms with Gasteiger partial charge in [0.15, 0.2) is 0 Å². The van der Waals surface area contributed by atoms with Gasteiger partial charge in [0.05, 0.1) is 22.5 Å². The van der Waals surface area contributed by atoms with Crippen LogP contribution < -0.4 is 5.32 Å². The minimum Gasteiger partial charge on any atom is -0.383 e. The minimum absolute atomic E-state index is 0.269. The summed E-state index contributed by atoms with van der Waals surface area (Å²) >= 11 is 0. The van der Waals surface area contributed by atoms with E-state index in [2.05, 4.69) is 5.32 Å². The molecule has 0 fully saturated rings. The van der Waals surface area contributed by atoms with Gasteiger partial charge in [0, 0.05) is 32.8 Å². The maximum Gasteiger partial charge on any atom is 0.299 e. The van der Waals surface area contributed by atoms with Gasteiger partial charge in [-0.25, -0.2) is 0 Å². The summed E-state index contributed by atoms with van der Waals surface area (Å²) in [4.78, 5) is 22.3. The fraction of sp³-hybridized carbons (Fsp3) is 0.500. The van der Waals surface area contributed by atoms with Gasteiger partial charge in [-0.1, -0.05) is 0 Å². The highest BCUT2D eigenvalue weighted by Crippen LogP contribution is 2.28. The van der Waals surface area contributed by atoms with Crippen LogP contribution in [0.25, 0.3) is 0 Å². The zero-order valence-electron chi connectivity index (χ0n) is 11.9. The van der Waals surface area contributed by atoms with Crippen molar-refractivity contribution in [2.75, 3.05) is 45.7 Å². The predicted octanol–water partition coefficient (Wildman–Crippen LogP) is 1.49. The summed E-state index contributed by atoms with van der Waals surface area (Å²) in [6, 6.07) is 3.55. The molecule has 21 heavy (non-hydrogen) atoms. The van der Waals surface area contributed by atoms with E-state index in [0.29, 0.717) is 19.7 Å². The standard InChI is InChI=1S/C12H18N4O5/c1-14(7-8-21-2)6-5-13-11-4-3-10(15(17)18)9-12(11)16(19)20/h3-4,9,13H,5-8H2,1-2H3. The van der Waals surface area contributed by atoms with Crippen molar-refractivity contribution in [1.82, 2.24) is 4.90 Å². The van der Waals surface area contributed by atoms with Gasteiger partial charge in [0.2, 0.25) is 0 Å². The molecule has 1 N–H and O–H groups in total. The number of rotatable bonds is 9. The van der Waals surface area contributed by atoms with Crippen LogP contribution in [0.5, 0.6) is 0 Å². The lowest BCUT2D eigenvalue weighted by Crippen LogP contribution is -2.28. The summed E-state index contributed by atoms with van der Waals surface area (Å²) in [6.07, 6.45) is 0. The Labute approximate surface area is 121 Å². The number of nitrogens with one attached hydrogen (secondary N) is 1. The Bertz CT molecular complexity index is 508. The van der Waals surface area contributed by atoms with Gasteiger partial charge >= 0.3 is 0 Å². The second-order valence-electron chi connectivity index (χ2n) is 4.44. The van der Waals surface area contributed by atoms with E-state index in [1.54, 1.807) is 7.11 Å². The van der Waals surface area contributed by atoms with Crippen LogP contribution in [0.4, 0.5) is 17.1 Å². The molecule has 0 unspecified atom stereocenters. The first-order valence-electron chi connectivity index (χ1n) is 6.30. The number of nitro groups is 2. The molecule has 1 aromatic carbocycles. The van der Waals surface area contributed by atoms with E-state index >= 15 is 0 Å². The molecular formula is C12H18N4O5. The molecule has 0 aliphatic rings. The lowest BCUT2D eigenvalue weighted by Gasteiger charge is -2.16. The fourth-order valence-corrected chi connectivity index (χ4v) is 1.67. The smallest absolute Gasteiger partial charge is 0.299 e. The number of likely N-dealkylation sites (N-methyl/N-ethyl adjacent to an activating group) is 1. The Kier molecular flexibility index (Phi) is 6.50. The molecule has 1 rings (SSSR count). The maximum atomic E-state index is 11.0. The van der Waals surface area contributed by atoms with Gasteiger partial charge < -0.3 is 15.0 Å². The van der Waals surface area contributed by atoms with Crippen molar-refractivity contribution in [2.45, 2.75) is 0 Å². The second kappa shape index (κ2) is 8.12. The molecule has 0 saturated heterocycles. The topological polar surface area (TPSA) is 111 Å². The van der Waals surface area contributed by atoms with Crippen LogP contribution in [0.1, 0.15) is 0 Å². The molecule has 0 radical (unpaired) electrons. The van der Waals surface area contributed by atoms with Gasteiger partial charge in [-0.3, -0.25) is 20.2 Å². The van der Waals surface area contributed by atoms with Crippen molar-refractivity contribution in [2.24, 2.45) is 0 Å². The van der Waals surface area contributed by atoms with Crippen molar-refractivity contribution in [1.29, 1.82) is 0 Å². The van der Waals surface area contributed by atoms with E-state index < -0.39 is 9.85 Å². The van der Waals surface area contributed by atoms with Crippen molar-refractivity contribution in [3.8, 4) is 0 Å². The average Bonchev–Trinajstić information content (AvgIpc) is 2.44. The maximum absolute atomic E-state index is 11.0. The molecule has 0 atom stereocenters. The lowest BCUT2D eigenvalue weighted by atomic mass is 10.2. The number of ether oxygens (including phenoxy) is 1. The Morgan fingerprint density at radius 1 is 1.24 bits per heavy atom. The van der Waals surface area contributed by atoms with Crippen LogP contribution in [0.2, 0.25) is 0 Å². The molecule has 0 saturated carbocycles. The number of hydrogen-bond acceptors (Lipinski definition) is 7. The number of non-ortho nitro benzene ring substituents is 1. The summed E-state index contributed by atoms with van der Waals surface area (Å²) < 4.78 is 4.95. The van der Waals surface area contributed by atoms with E-state index in [1.165, 1.54) is 12.1 Å². The molecular weight excluding hydrogens is 280 g/mol. The Morgan fingerprint density at radius 2 is 1.95 bits per heavy atom. The third kappa shape index (κ3) is 5.32. The van der Waals surface area contributed by atoms with Gasteiger partial charge in [-0.05, 0) is 13.1 Å². The monoisotopic (exact) mass is 298 g/mol. The summed E-state index contributed by atoms with van der Waals surface area (Å²) in [5.74, 6) is 0. The Balaban J connectivity index is 2.66. The zero-order valence-corrected chi connectivity index (χ0v) is 11.9. The molecule has 0 spiro atoms. The highest BCUT2D eigenvalue weighted by atomic mass is 16.6. The first-order valence-corrected chi connectivity index (χ1v) is 6.30. The second-order valence-corrected chi connectivity index (χ2v) is 4.44. The van der Waals surface area contributed by atoms with E-state index in [1.807, 2.05) is 11.9 Å². The molecule has 9 heteroatoms. The Morgan fingerprint density at radius 3 is 2.52 bits per heavy atom. The van der Waals surface area contributed by atoms with Gasteiger partial charge in [0.25, 0.3) is 11.4 Å². The molecule has 0 aromatic heterocycles. The number of nitrogens with zero attached hydrogens (tertiary/aromatic N) is 3. The molecule has 1 aromatic rings. The number of anilines is 1. The van der Waals surface area contributed by atoms with Crippen LogP contribution in [0.15, 0.2) is 18.2 Å². The first kappa shape index (κ1) is 16.8. The number of methoxy groups -OCH3 is 1. The first-order chi connectivity index (χ1) is 9.95. The van der Waals surface area contributed by atoms with E-state index in [-0.39, 0.29) is 17.1 Å². The SMILES string of the molecule is COCCN(C)CCNc1ccc([N+](=O)[O-])cc1[N+](=O)[O-]. The van der Waals surface area contributed by atoms with Crippen molar-refractivity contribution in [3.63, 3.8) is 0 Å². The van der Waals surface area contributed by atoms with Crippen molar-refractivity contribution < 1.29 is 14.6 Å². The van der Waals surface area contributed by atoms with E-state index in [4.69, 9.17) is 4.74 Å². The third-order valence-corrected chi connectivity index (χ3v) is 2.87. The number of benzene rings is 1. The number of hydrogen-bond donors (Lipinski definition) is 1. The zero-order chi connectivity index (χ0) is 15.8. The summed E-state index contributed by atoms with van der Waals surface area (Å²) in [7, 11) is 3.53. The third-order valence-electron chi connectivity index (χ3n) is 2.87. The lowest BCUT2D eigenvalue weighted by molar-refractivity contribution is -0.393. The highest BCUT2D eigenvalue weighted by Gasteiger charge is 2.19. The van der Waals surface area contributed by atoms with Gasteiger partial charge in [0.1, 0.15) is 5.69 Å². The fourth-order valence-electron chi connectivity index (χ4n) is 1.67. The van der Waals surface area contributed by atoms with Crippen LogP contribution in [0.3, 0.4) is 0 Å². The van der Waals surface area contributed by atoms with Crippen LogP contribution in [-0.2, 0) is 4.74 Å². The molecule has 0 heterocycles. The number of nitro benzene ring substituents is 2. The van der Waals surface area contributed by atoms with E-state index in [0.717, 1.165) is 12.6 Å². The van der Waals surface area contributed by atoms with E-state index in [9.17, 15) is 20.2 Å². The molecule has 0 amide bonds. The molecule has 0 aliphatic heterocycles. The molecule has 116 valence electrons. The largest absolute Gasteiger partial charge is 0.383 e. The normalized spacial score (nSPS) is 10.6. The quantitative estimate of drug-likeness (QED) is 0.543.